The highest BCUT2D eigenvalue weighted by Crippen LogP contribution is 2.31. The van der Waals surface area contributed by atoms with E-state index in [1.807, 2.05) is 0 Å². The Morgan fingerprint density at radius 2 is 1.92 bits per heavy atom. The van der Waals surface area contributed by atoms with E-state index in [-0.39, 0.29) is 12.0 Å². The third kappa shape index (κ3) is 1.60. The Bertz CT molecular complexity index is 285. The van der Waals surface area contributed by atoms with Crippen LogP contribution in [-0.2, 0) is 10.2 Å². The maximum absolute atomic E-state index is 9.28. The second-order valence-electron chi connectivity index (χ2n) is 3.44. The van der Waals surface area contributed by atoms with Crippen LogP contribution in [0.2, 0.25) is 0 Å². The molecule has 0 radical (unpaired) electrons. The average Bonchev–Trinajstić information content (AvgIpc) is 2.07. The summed E-state index contributed by atoms with van der Waals surface area (Å²) >= 11 is 2.27. The van der Waals surface area contributed by atoms with Crippen molar-refractivity contribution in [3.63, 3.8) is 0 Å². The van der Waals surface area contributed by atoms with Crippen LogP contribution in [0, 0.1) is 3.57 Å². The molecule has 0 amide bonds. The van der Waals surface area contributed by atoms with Gasteiger partial charge in [-0.1, -0.05) is 12.1 Å². The van der Waals surface area contributed by atoms with E-state index in [2.05, 4.69) is 46.9 Å². The Kier molecular flexibility index (Phi) is 2.58. The molecule has 13 heavy (non-hydrogen) atoms. The van der Waals surface area contributed by atoms with Crippen molar-refractivity contribution in [2.75, 3.05) is 19.8 Å². The van der Waals surface area contributed by atoms with Crippen molar-refractivity contribution in [2.24, 2.45) is 0 Å². The largest absolute Gasteiger partial charge is 0.395 e. The summed E-state index contributed by atoms with van der Waals surface area (Å²) in [5.74, 6) is 0. The van der Waals surface area contributed by atoms with Crippen molar-refractivity contribution in [1.29, 1.82) is 0 Å². The molecule has 2 nitrogen and oxygen atoms in total. The predicted octanol–water partition coefficient (Wildman–Crippen LogP) is 1.55. The van der Waals surface area contributed by atoms with Crippen LogP contribution in [0.3, 0.4) is 0 Å². The summed E-state index contributed by atoms with van der Waals surface area (Å²) in [6, 6.07) is 8.26. The lowest BCUT2D eigenvalue weighted by Gasteiger charge is -2.40. The molecule has 0 saturated carbocycles. The lowest BCUT2D eigenvalue weighted by Crippen LogP contribution is -2.49. The zero-order valence-electron chi connectivity index (χ0n) is 7.16. The molecule has 1 aromatic rings. The molecule has 1 saturated heterocycles. The molecule has 0 aliphatic carbocycles. The van der Waals surface area contributed by atoms with Crippen molar-refractivity contribution in [3.8, 4) is 0 Å². The van der Waals surface area contributed by atoms with Gasteiger partial charge in [-0.3, -0.25) is 0 Å². The molecule has 0 atom stereocenters. The van der Waals surface area contributed by atoms with E-state index < -0.39 is 0 Å². The highest BCUT2D eigenvalue weighted by atomic mass is 127. The van der Waals surface area contributed by atoms with Gasteiger partial charge in [0.25, 0.3) is 0 Å². The summed E-state index contributed by atoms with van der Waals surface area (Å²) in [5, 5.41) is 9.28. The summed E-state index contributed by atoms with van der Waals surface area (Å²) < 4.78 is 6.37. The normalized spacial score (nSPS) is 19.5. The number of rotatable bonds is 2. The summed E-state index contributed by atoms with van der Waals surface area (Å²) in [7, 11) is 0. The molecule has 0 bridgehead atoms. The Morgan fingerprint density at radius 1 is 1.31 bits per heavy atom. The SMILES string of the molecule is OCC1(c2ccc(I)cc2)COC1. The predicted molar refractivity (Wildman–Crippen MR) is 58.7 cm³/mol. The molecule has 1 fully saturated rings. The third-order valence-corrected chi connectivity index (χ3v) is 3.24. The minimum Gasteiger partial charge on any atom is -0.395 e. The van der Waals surface area contributed by atoms with Gasteiger partial charge in [-0.2, -0.15) is 0 Å². The molecule has 2 rings (SSSR count). The Balaban J connectivity index is 2.28. The first-order valence-electron chi connectivity index (χ1n) is 4.21. The van der Waals surface area contributed by atoms with E-state index in [1.54, 1.807) is 0 Å². The summed E-state index contributed by atoms with van der Waals surface area (Å²) in [6.07, 6.45) is 0. The van der Waals surface area contributed by atoms with Crippen LogP contribution in [-0.4, -0.2) is 24.9 Å². The Hall–Kier alpha value is -0.130. The molecule has 3 heteroatoms. The van der Waals surface area contributed by atoms with Crippen LogP contribution in [0.25, 0.3) is 0 Å². The average molecular weight is 290 g/mol. The molecule has 1 N–H and O–H groups in total. The molecule has 70 valence electrons. The van der Waals surface area contributed by atoms with E-state index >= 15 is 0 Å². The number of ether oxygens (including phenoxy) is 1. The van der Waals surface area contributed by atoms with Crippen molar-refractivity contribution in [3.05, 3.63) is 33.4 Å². The standard InChI is InChI=1S/C10H11IO2/c11-9-3-1-8(2-4-9)10(5-12)6-13-7-10/h1-4,12H,5-7H2. The van der Waals surface area contributed by atoms with Gasteiger partial charge in [0.05, 0.1) is 25.2 Å². The van der Waals surface area contributed by atoms with E-state index in [0.29, 0.717) is 13.2 Å². The van der Waals surface area contributed by atoms with E-state index in [4.69, 9.17) is 4.74 Å². The Labute approximate surface area is 91.1 Å². The summed E-state index contributed by atoms with van der Waals surface area (Å²) in [6.45, 7) is 1.46. The first-order valence-corrected chi connectivity index (χ1v) is 5.29. The maximum atomic E-state index is 9.28. The van der Waals surface area contributed by atoms with E-state index in [9.17, 15) is 5.11 Å². The Morgan fingerprint density at radius 3 is 2.31 bits per heavy atom. The number of benzene rings is 1. The van der Waals surface area contributed by atoms with Gasteiger partial charge in [0, 0.05) is 3.57 Å². The molecule has 1 heterocycles. The van der Waals surface area contributed by atoms with Gasteiger partial charge in [0.15, 0.2) is 0 Å². The lowest BCUT2D eigenvalue weighted by molar-refractivity contribution is -0.0841. The van der Waals surface area contributed by atoms with Crippen LogP contribution in [0.15, 0.2) is 24.3 Å². The van der Waals surface area contributed by atoms with Gasteiger partial charge < -0.3 is 9.84 Å². The number of aliphatic hydroxyl groups excluding tert-OH is 1. The molecule has 0 aromatic heterocycles. The highest BCUT2D eigenvalue weighted by molar-refractivity contribution is 14.1. The van der Waals surface area contributed by atoms with Crippen molar-refractivity contribution < 1.29 is 9.84 Å². The topological polar surface area (TPSA) is 29.5 Å². The third-order valence-electron chi connectivity index (χ3n) is 2.52. The van der Waals surface area contributed by atoms with Crippen molar-refractivity contribution in [1.82, 2.24) is 0 Å². The van der Waals surface area contributed by atoms with Gasteiger partial charge in [0.1, 0.15) is 0 Å². The quantitative estimate of drug-likeness (QED) is 0.837. The van der Waals surface area contributed by atoms with Gasteiger partial charge in [-0.15, -0.1) is 0 Å². The fourth-order valence-electron chi connectivity index (χ4n) is 1.50. The highest BCUT2D eigenvalue weighted by Gasteiger charge is 2.39. The van der Waals surface area contributed by atoms with Crippen LogP contribution >= 0.6 is 22.6 Å². The summed E-state index contributed by atoms with van der Waals surface area (Å²) in [5.41, 5.74) is 1.06. The number of hydrogen-bond acceptors (Lipinski definition) is 2. The summed E-state index contributed by atoms with van der Waals surface area (Å²) in [4.78, 5) is 0. The second-order valence-corrected chi connectivity index (χ2v) is 4.68. The van der Waals surface area contributed by atoms with Gasteiger partial charge in [-0.05, 0) is 40.3 Å². The molecular formula is C10H11IO2. The monoisotopic (exact) mass is 290 g/mol. The molecule has 1 aliphatic heterocycles. The van der Waals surface area contributed by atoms with Crippen LogP contribution in [0.4, 0.5) is 0 Å². The molecule has 0 spiro atoms. The minimum atomic E-state index is -0.121. The molecule has 0 unspecified atom stereocenters. The van der Waals surface area contributed by atoms with Crippen molar-refractivity contribution >= 4 is 22.6 Å². The lowest BCUT2D eigenvalue weighted by atomic mass is 9.79. The van der Waals surface area contributed by atoms with Gasteiger partial charge in [-0.25, -0.2) is 0 Å². The van der Waals surface area contributed by atoms with E-state index in [0.717, 1.165) is 0 Å². The van der Waals surface area contributed by atoms with E-state index in [1.165, 1.54) is 9.13 Å². The van der Waals surface area contributed by atoms with Crippen LogP contribution in [0.5, 0.6) is 0 Å². The molecule has 1 aliphatic rings. The van der Waals surface area contributed by atoms with Gasteiger partial charge in [0.2, 0.25) is 0 Å². The second kappa shape index (κ2) is 3.55. The van der Waals surface area contributed by atoms with Crippen LogP contribution in [0.1, 0.15) is 5.56 Å². The van der Waals surface area contributed by atoms with Crippen LogP contribution < -0.4 is 0 Å². The number of hydrogen-bond donors (Lipinski definition) is 1. The first kappa shape index (κ1) is 9.43. The minimum absolute atomic E-state index is 0.121. The van der Waals surface area contributed by atoms with Gasteiger partial charge >= 0.3 is 0 Å². The first-order chi connectivity index (χ1) is 6.27. The maximum Gasteiger partial charge on any atom is 0.0651 e. The zero-order chi connectivity index (χ0) is 9.31. The smallest absolute Gasteiger partial charge is 0.0651 e. The van der Waals surface area contributed by atoms with Crippen molar-refractivity contribution in [2.45, 2.75) is 5.41 Å². The molecule has 1 aromatic carbocycles. The zero-order valence-corrected chi connectivity index (χ0v) is 9.32. The fraction of sp³-hybridized carbons (Fsp3) is 0.400. The number of halogens is 1. The molecular weight excluding hydrogens is 279 g/mol. The number of aliphatic hydroxyl groups is 1. The fourth-order valence-corrected chi connectivity index (χ4v) is 1.86.